The standard InChI is InChI=1S/C23H27N5O4/c1-16-4-6-18(24-14-16)26-8-10-27(11-9-26)22(31)32-19-7-5-17(15-25-19)28-20(29)12-23(2,3)13-21(28)30/h4-7,14-15H,8-13H2,1-3H3. The van der Waals surface area contributed by atoms with Crippen molar-refractivity contribution in [2.45, 2.75) is 33.6 Å². The molecule has 0 N–H and O–H groups in total. The molecule has 2 aromatic heterocycles. The Morgan fingerprint density at radius 3 is 2.19 bits per heavy atom. The molecule has 0 bridgehead atoms. The summed E-state index contributed by atoms with van der Waals surface area (Å²) < 4.78 is 5.39. The highest BCUT2D eigenvalue weighted by molar-refractivity contribution is 6.16. The summed E-state index contributed by atoms with van der Waals surface area (Å²) in [7, 11) is 0. The van der Waals surface area contributed by atoms with Crippen LogP contribution in [0.1, 0.15) is 32.3 Å². The van der Waals surface area contributed by atoms with Crippen LogP contribution < -0.4 is 14.5 Å². The number of amides is 3. The van der Waals surface area contributed by atoms with Gasteiger partial charge in [0.25, 0.3) is 0 Å². The predicted molar refractivity (Wildman–Crippen MR) is 119 cm³/mol. The minimum atomic E-state index is -0.478. The normalized spacial score (nSPS) is 18.7. The Morgan fingerprint density at radius 2 is 1.62 bits per heavy atom. The third kappa shape index (κ3) is 4.71. The first-order valence-corrected chi connectivity index (χ1v) is 10.7. The molecule has 9 heteroatoms. The molecule has 4 rings (SSSR count). The Kier molecular flexibility index (Phi) is 5.82. The third-order valence-electron chi connectivity index (χ3n) is 5.69. The van der Waals surface area contributed by atoms with E-state index in [-0.39, 0.29) is 23.1 Å². The van der Waals surface area contributed by atoms with Crippen LogP contribution >= 0.6 is 0 Å². The summed E-state index contributed by atoms with van der Waals surface area (Å²) >= 11 is 0. The Balaban J connectivity index is 1.33. The highest BCUT2D eigenvalue weighted by Gasteiger charge is 2.38. The van der Waals surface area contributed by atoms with Crippen molar-refractivity contribution in [1.82, 2.24) is 14.9 Å². The van der Waals surface area contributed by atoms with Gasteiger partial charge in [-0.25, -0.2) is 19.7 Å². The van der Waals surface area contributed by atoms with Crippen molar-refractivity contribution < 1.29 is 19.1 Å². The van der Waals surface area contributed by atoms with Gasteiger partial charge in [-0.05, 0) is 30.0 Å². The van der Waals surface area contributed by atoms with E-state index in [0.717, 1.165) is 16.3 Å². The van der Waals surface area contributed by atoms with Gasteiger partial charge in [-0.3, -0.25) is 9.59 Å². The van der Waals surface area contributed by atoms with Crippen LogP contribution in [0.4, 0.5) is 16.3 Å². The lowest BCUT2D eigenvalue weighted by Crippen LogP contribution is -2.50. The summed E-state index contributed by atoms with van der Waals surface area (Å²) in [5.41, 5.74) is 1.15. The fourth-order valence-corrected chi connectivity index (χ4v) is 3.95. The van der Waals surface area contributed by atoms with E-state index in [2.05, 4.69) is 14.9 Å². The quantitative estimate of drug-likeness (QED) is 0.681. The molecule has 9 nitrogen and oxygen atoms in total. The van der Waals surface area contributed by atoms with E-state index in [1.165, 1.54) is 12.3 Å². The lowest BCUT2D eigenvalue weighted by atomic mass is 9.81. The number of imide groups is 1. The molecule has 2 aromatic rings. The fraction of sp³-hybridized carbons (Fsp3) is 0.435. The molecule has 32 heavy (non-hydrogen) atoms. The van der Waals surface area contributed by atoms with Gasteiger partial charge in [-0.1, -0.05) is 19.9 Å². The molecule has 2 aliphatic rings. The second-order valence-corrected chi connectivity index (χ2v) is 9.03. The molecule has 2 aliphatic heterocycles. The molecular formula is C23H27N5O4. The molecule has 0 aliphatic carbocycles. The number of hydrogen-bond acceptors (Lipinski definition) is 7. The summed E-state index contributed by atoms with van der Waals surface area (Å²) in [6.45, 7) is 8.14. The molecule has 4 heterocycles. The Hall–Kier alpha value is -3.49. The van der Waals surface area contributed by atoms with E-state index >= 15 is 0 Å². The minimum absolute atomic E-state index is 0.124. The number of piperidine rings is 1. The summed E-state index contributed by atoms with van der Waals surface area (Å²) in [5, 5.41) is 0. The molecule has 3 amide bonds. The number of piperazine rings is 1. The average Bonchev–Trinajstić information content (AvgIpc) is 2.74. The van der Waals surface area contributed by atoms with Gasteiger partial charge in [0.2, 0.25) is 17.7 Å². The van der Waals surface area contributed by atoms with Crippen molar-refractivity contribution in [3.05, 3.63) is 42.2 Å². The van der Waals surface area contributed by atoms with Crippen LogP contribution in [-0.4, -0.2) is 59.0 Å². The first kappa shape index (κ1) is 21.7. The van der Waals surface area contributed by atoms with Gasteiger partial charge >= 0.3 is 6.09 Å². The lowest BCUT2D eigenvalue weighted by molar-refractivity contribution is -0.132. The van der Waals surface area contributed by atoms with Crippen LogP contribution in [0.15, 0.2) is 36.7 Å². The molecule has 168 valence electrons. The maximum absolute atomic E-state index is 12.5. The number of aryl methyl sites for hydroxylation is 1. The number of carbonyl (C=O) groups excluding carboxylic acids is 3. The van der Waals surface area contributed by atoms with Gasteiger partial charge in [-0.15, -0.1) is 0 Å². The van der Waals surface area contributed by atoms with Gasteiger partial charge in [0.1, 0.15) is 5.82 Å². The topological polar surface area (TPSA) is 95.9 Å². The zero-order valence-electron chi connectivity index (χ0n) is 18.6. The van der Waals surface area contributed by atoms with E-state index < -0.39 is 6.09 Å². The van der Waals surface area contributed by atoms with Crippen molar-refractivity contribution in [3.8, 4) is 5.88 Å². The monoisotopic (exact) mass is 437 g/mol. The summed E-state index contributed by atoms with van der Waals surface area (Å²) in [4.78, 5) is 50.8. The van der Waals surface area contributed by atoms with Crippen molar-refractivity contribution >= 4 is 29.4 Å². The fourth-order valence-electron chi connectivity index (χ4n) is 3.95. The highest BCUT2D eigenvalue weighted by atomic mass is 16.6. The van der Waals surface area contributed by atoms with Crippen LogP contribution in [0.2, 0.25) is 0 Å². The Morgan fingerprint density at radius 1 is 0.938 bits per heavy atom. The van der Waals surface area contributed by atoms with Gasteiger partial charge in [-0.2, -0.15) is 0 Å². The molecule has 0 aromatic carbocycles. The first-order chi connectivity index (χ1) is 15.2. The summed E-state index contributed by atoms with van der Waals surface area (Å²) in [6.07, 6.45) is 3.32. The second kappa shape index (κ2) is 8.57. The maximum atomic E-state index is 12.5. The van der Waals surface area contributed by atoms with Crippen molar-refractivity contribution in [3.63, 3.8) is 0 Å². The number of carbonyl (C=O) groups is 3. The van der Waals surface area contributed by atoms with Gasteiger partial charge in [0.05, 0.1) is 11.9 Å². The van der Waals surface area contributed by atoms with E-state index in [1.807, 2.05) is 39.1 Å². The van der Waals surface area contributed by atoms with E-state index in [0.29, 0.717) is 44.7 Å². The van der Waals surface area contributed by atoms with Crippen molar-refractivity contribution in [2.24, 2.45) is 5.41 Å². The third-order valence-corrected chi connectivity index (χ3v) is 5.69. The van der Waals surface area contributed by atoms with Crippen molar-refractivity contribution in [2.75, 3.05) is 36.0 Å². The molecule has 2 saturated heterocycles. The zero-order chi connectivity index (χ0) is 22.9. The first-order valence-electron chi connectivity index (χ1n) is 10.7. The molecule has 0 saturated carbocycles. The molecule has 0 atom stereocenters. The van der Waals surface area contributed by atoms with Gasteiger partial charge in [0, 0.05) is 51.3 Å². The molecule has 2 fully saturated rings. The van der Waals surface area contributed by atoms with Gasteiger partial charge in [0.15, 0.2) is 0 Å². The van der Waals surface area contributed by atoms with Crippen LogP contribution in [0.3, 0.4) is 0 Å². The minimum Gasteiger partial charge on any atom is -0.391 e. The molecule has 0 spiro atoms. The zero-order valence-corrected chi connectivity index (χ0v) is 18.6. The maximum Gasteiger partial charge on any atom is 0.416 e. The number of pyridine rings is 2. The largest absolute Gasteiger partial charge is 0.416 e. The lowest BCUT2D eigenvalue weighted by Gasteiger charge is -2.35. The summed E-state index contributed by atoms with van der Waals surface area (Å²) in [5.74, 6) is 0.516. The smallest absolute Gasteiger partial charge is 0.391 e. The molecule has 0 radical (unpaired) electrons. The average molecular weight is 438 g/mol. The van der Waals surface area contributed by atoms with Crippen LogP contribution in [-0.2, 0) is 9.59 Å². The van der Waals surface area contributed by atoms with Crippen molar-refractivity contribution in [1.29, 1.82) is 0 Å². The number of nitrogens with zero attached hydrogens (tertiary/aromatic N) is 5. The number of hydrogen-bond donors (Lipinski definition) is 0. The highest BCUT2D eigenvalue weighted by Crippen LogP contribution is 2.34. The number of rotatable bonds is 3. The van der Waals surface area contributed by atoms with Crippen LogP contribution in [0.25, 0.3) is 0 Å². The van der Waals surface area contributed by atoms with E-state index in [1.54, 1.807) is 11.0 Å². The van der Waals surface area contributed by atoms with Gasteiger partial charge < -0.3 is 14.5 Å². The predicted octanol–water partition coefficient (Wildman–Crippen LogP) is 2.79. The van der Waals surface area contributed by atoms with E-state index in [9.17, 15) is 14.4 Å². The van der Waals surface area contributed by atoms with Crippen LogP contribution in [0, 0.1) is 12.3 Å². The van der Waals surface area contributed by atoms with E-state index in [4.69, 9.17) is 4.74 Å². The Bertz CT molecular complexity index is 992. The number of aromatic nitrogens is 2. The van der Waals surface area contributed by atoms with Crippen LogP contribution in [0.5, 0.6) is 5.88 Å². The number of ether oxygens (including phenoxy) is 1. The molecular weight excluding hydrogens is 410 g/mol. The number of anilines is 2. The second-order valence-electron chi connectivity index (χ2n) is 9.03. The summed E-state index contributed by atoms with van der Waals surface area (Å²) in [6, 6.07) is 7.07. The SMILES string of the molecule is Cc1ccc(N2CCN(C(=O)Oc3ccc(N4C(=O)CC(C)(C)CC4=O)cn3)CC2)nc1. The Labute approximate surface area is 187 Å². The molecule has 0 unspecified atom stereocenters.